The smallest absolute Gasteiger partial charge is 0.265 e. The first-order valence-electron chi connectivity index (χ1n) is 6.48. The van der Waals surface area contributed by atoms with E-state index < -0.39 is 0 Å². The minimum atomic E-state index is 0.435. The Bertz CT molecular complexity index is 307. The van der Waals surface area contributed by atoms with Crippen LogP contribution in [0.2, 0.25) is 0 Å². The Labute approximate surface area is 104 Å². The average Bonchev–Trinajstić information content (AvgIpc) is 2.77. The van der Waals surface area contributed by atoms with Gasteiger partial charge in [-0.1, -0.05) is 20.3 Å². The van der Waals surface area contributed by atoms with Crippen molar-refractivity contribution in [3.63, 3.8) is 0 Å². The molecular weight excluding hydrogens is 216 g/mol. The van der Waals surface area contributed by atoms with Crippen molar-refractivity contribution >= 4 is 5.95 Å². The summed E-state index contributed by atoms with van der Waals surface area (Å²) < 4.78 is 5.27. The third kappa shape index (κ3) is 4.34. The zero-order valence-corrected chi connectivity index (χ0v) is 11.4. The maximum absolute atomic E-state index is 5.27. The number of rotatable bonds is 8. The molecule has 1 atom stereocenters. The van der Waals surface area contributed by atoms with Gasteiger partial charge in [-0.15, -0.1) is 0 Å². The van der Waals surface area contributed by atoms with Crippen LogP contribution in [0.25, 0.3) is 0 Å². The Morgan fingerprint density at radius 2 is 2.12 bits per heavy atom. The van der Waals surface area contributed by atoms with E-state index in [1.165, 1.54) is 0 Å². The normalized spacial score (nSPS) is 12.7. The standard InChI is InChI=1S/C12H24N4O/c1-5-8-10(13-6-2)9-11-14-12(15-17-11)16(4)7-3/h10,13H,5-9H2,1-4H3. The van der Waals surface area contributed by atoms with E-state index >= 15 is 0 Å². The maximum Gasteiger partial charge on any atom is 0.265 e. The molecule has 0 fully saturated rings. The molecule has 98 valence electrons. The average molecular weight is 240 g/mol. The zero-order chi connectivity index (χ0) is 12.7. The van der Waals surface area contributed by atoms with Gasteiger partial charge >= 0.3 is 0 Å². The second-order valence-corrected chi connectivity index (χ2v) is 4.25. The molecule has 0 bridgehead atoms. The lowest BCUT2D eigenvalue weighted by Crippen LogP contribution is -2.30. The third-order valence-electron chi connectivity index (χ3n) is 2.82. The first-order chi connectivity index (χ1) is 8.21. The highest BCUT2D eigenvalue weighted by atomic mass is 16.5. The first kappa shape index (κ1) is 14.0. The summed E-state index contributed by atoms with van der Waals surface area (Å²) in [5.74, 6) is 1.40. The van der Waals surface area contributed by atoms with Gasteiger partial charge in [-0.25, -0.2) is 0 Å². The van der Waals surface area contributed by atoms with Crippen LogP contribution in [0.4, 0.5) is 5.95 Å². The van der Waals surface area contributed by atoms with Gasteiger partial charge in [0.05, 0.1) is 0 Å². The molecule has 0 saturated heterocycles. The highest BCUT2D eigenvalue weighted by Gasteiger charge is 2.14. The van der Waals surface area contributed by atoms with Gasteiger partial charge in [-0.2, -0.15) is 4.98 Å². The van der Waals surface area contributed by atoms with Crippen LogP contribution in [0.3, 0.4) is 0 Å². The van der Waals surface area contributed by atoms with Crippen molar-refractivity contribution < 1.29 is 4.52 Å². The molecule has 1 aromatic rings. The quantitative estimate of drug-likeness (QED) is 0.751. The Kier molecular flexibility index (Phi) is 5.97. The molecule has 0 aliphatic heterocycles. The molecule has 1 heterocycles. The van der Waals surface area contributed by atoms with Crippen LogP contribution in [0.5, 0.6) is 0 Å². The fraction of sp³-hybridized carbons (Fsp3) is 0.833. The van der Waals surface area contributed by atoms with Crippen LogP contribution in [-0.4, -0.2) is 36.3 Å². The van der Waals surface area contributed by atoms with Crippen molar-refractivity contribution in [1.82, 2.24) is 15.5 Å². The summed E-state index contributed by atoms with van der Waals surface area (Å²) in [6, 6.07) is 0.435. The Morgan fingerprint density at radius 1 is 1.35 bits per heavy atom. The summed E-state index contributed by atoms with van der Waals surface area (Å²) in [7, 11) is 1.96. The Hall–Kier alpha value is -1.10. The number of hydrogen-bond acceptors (Lipinski definition) is 5. The molecule has 0 aliphatic carbocycles. The lowest BCUT2D eigenvalue weighted by Gasteiger charge is -2.14. The molecule has 0 saturated carbocycles. The van der Waals surface area contributed by atoms with Crippen molar-refractivity contribution in [3.05, 3.63) is 5.89 Å². The van der Waals surface area contributed by atoms with Crippen molar-refractivity contribution in [3.8, 4) is 0 Å². The highest BCUT2D eigenvalue weighted by Crippen LogP contribution is 2.10. The summed E-state index contributed by atoms with van der Waals surface area (Å²) in [6.07, 6.45) is 3.11. The Balaban J connectivity index is 2.56. The molecule has 1 rings (SSSR count). The van der Waals surface area contributed by atoms with E-state index in [4.69, 9.17) is 4.52 Å². The molecule has 0 aliphatic rings. The van der Waals surface area contributed by atoms with E-state index in [-0.39, 0.29) is 0 Å². The third-order valence-corrected chi connectivity index (χ3v) is 2.82. The Morgan fingerprint density at radius 3 is 2.71 bits per heavy atom. The minimum absolute atomic E-state index is 0.435. The largest absolute Gasteiger partial charge is 0.342 e. The zero-order valence-electron chi connectivity index (χ0n) is 11.4. The summed E-state index contributed by atoms with van der Waals surface area (Å²) in [5.41, 5.74) is 0. The van der Waals surface area contributed by atoms with E-state index in [9.17, 15) is 0 Å². The number of aromatic nitrogens is 2. The molecule has 0 spiro atoms. The van der Waals surface area contributed by atoms with Crippen LogP contribution >= 0.6 is 0 Å². The number of likely N-dealkylation sites (N-methyl/N-ethyl adjacent to an activating group) is 1. The molecule has 0 radical (unpaired) electrons. The van der Waals surface area contributed by atoms with Gasteiger partial charge in [0, 0.05) is 26.1 Å². The predicted molar refractivity (Wildman–Crippen MR) is 69.3 cm³/mol. The summed E-state index contributed by atoms with van der Waals surface area (Å²) in [5, 5.41) is 7.42. The topological polar surface area (TPSA) is 54.2 Å². The van der Waals surface area contributed by atoms with Crippen LogP contribution in [0.15, 0.2) is 4.52 Å². The maximum atomic E-state index is 5.27. The number of hydrogen-bond donors (Lipinski definition) is 1. The molecule has 17 heavy (non-hydrogen) atoms. The van der Waals surface area contributed by atoms with Gasteiger partial charge < -0.3 is 14.7 Å². The molecule has 0 aromatic carbocycles. The van der Waals surface area contributed by atoms with E-state index in [0.717, 1.165) is 38.2 Å². The van der Waals surface area contributed by atoms with Gasteiger partial charge in [-0.3, -0.25) is 0 Å². The van der Waals surface area contributed by atoms with Gasteiger partial charge in [0.25, 0.3) is 5.95 Å². The number of nitrogens with one attached hydrogen (secondary N) is 1. The first-order valence-corrected chi connectivity index (χ1v) is 6.48. The van der Waals surface area contributed by atoms with Crippen LogP contribution in [0, 0.1) is 0 Å². The van der Waals surface area contributed by atoms with Gasteiger partial charge in [-0.05, 0) is 25.0 Å². The summed E-state index contributed by atoms with van der Waals surface area (Å²) >= 11 is 0. The molecule has 1 N–H and O–H groups in total. The fourth-order valence-electron chi connectivity index (χ4n) is 1.75. The number of nitrogens with zero attached hydrogens (tertiary/aromatic N) is 3. The lowest BCUT2D eigenvalue weighted by atomic mass is 10.1. The van der Waals surface area contributed by atoms with Crippen LogP contribution in [0.1, 0.15) is 39.5 Å². The second-order valence-electron chi connectivity index (χ2n) is 4.25. The molecular formula is C12H24N4O. The number of anilines is 1. The van der Waals surface area contributed by atoms with Crippen LogP contribution < -0.4 is 10.2 Å². The van der Waals surface area contributed by atoms with Crippen molar-refractivity contribution in [1.29, 1.82) is 0 Å². The molecule has 5 nitrogen and oxygen atoms in total. The van der Waals surface area contributed by atoms with E-state index in [1.54, 1.807) is 0 Å². The molecule has 0 amide bonds. The van der Waals surface area contributed by atoms with Crippen molar-refractivity contribution in [2.75, 3.05) is 25.0 Å². The highest BCUT2D eigenvalue weighted by molar-refractivity contribution is 5.25. The summed E-state index contributed by atoms with van der Waals surface area (Å²) in [4.78, 5) is 6.36. The summed E-state index contributed by atoms with van der Waals surface area (Å²) in [6.45, 7) is 8.22. The SMILES string of the molecule is CCCC(Cc1nc(N(C)CC)no1)NCC. The van der Waals surface area contributed by atoms with E-state index in [0.29, 0.717) is 12.0 Å². The lowest BCUT2D eigenvalue weighted by molar-refractivity contribution is 0.351. The van der Waals surface area contributed by atoms with Crippen molar-refractivity contribution in [2.24, 2.45) is 0 Å². The predicted octanol–water partition coefficient (Wildman–Crippen LogP) is 1.85. The minimum Gasteiger partial charge on any atom is -0.342 e. The van der Waals surface area contributed by atoms with Crippen LogP contribution in [-0.2, 0) is 6.42 Å². The van der Waals surface area contributed by atoms with Gasteiger partial charge in [0.15, 0.2) is 0 Å². The fourth-order valence-corrected chi connectivity index (χ4v) is 1.75. The van der Waals surface area contributed by atoms with E-state index in [2.05, 4.69) is 36.2 Å². The second kappa shape index (κ2) is 7.27. The van der Waals surface area contributed by atoms with Crippen molar-refractivity contribution in [2.45, 2.75) is 46.1 Å². The van der Waals surface area contributed by atoms with Gasteiger partial charge in [0.2, 0.25) is 5.89 Å². The molecule has 1 aromatic heterocycles. The molecule has 1 unspecified atom stereocenters. The van der Waals surface area contributed by atoms with Gasteiger partial charge in [0.1, 0.15) is 0 Å². The van der Waals surface area contributed by atoms with E-state index in [1.807, 2.05) is 11.9 Å². The molecule has 5 heteroatoms. The monoisotopic (exact) mass is 240 g/mol.